The van der Waals surface area contributed by atoms with Crippen LogP contribution in [0.4, 0.5) is 13.2 Å². The smallest absolute Gasteiger partial charge is 0.252 e. The molecular formula is C7H8F3N. The van der Waals surface area contributed by atoms with Crippen molar-refractivity contribution in [1.29, 1.82) is 0 Å². The second kappa shape index (κ2) is 3.95. The molecule has 0 saturated carbocycles. The minimum atomic E-state index is -4.40. The highest BCUT2D eigenvalue weighted by Gasteiger charge is 2.32. The molecular weight excluding hydrogens is 155 g/mol. The second-order valence-corrected chi connectivity index (χ2v) is 1.70. The molecule has 0 rings (SSSR count). The maximum absolute atomic E-state index is 11.8. The molecule has 62 valence electrons. The zero-order valence-electron chi connectivity index (χ0n) is 6.02. The second-order valence-electron chi connectivity index (χ2n) is 1.70. The van der Waals surface area contributed by atoms with Crippen LogP contribution < -0.4 is 0 Å². The molecule has 1 nitrogen and oxygen atoms in total. The van der Waals surface area contributed by atoms with Gasteiger partial charge in [0.25, 0.3) is 0 Å². The van der Waals surface area contributed by atoms with Crippen LogP contribution in [0.15, 0.2) is 29.9 Å². The summed E-state index contributed by atoms with van der Waals surface area (Å²) in [5.74, 6) is 0. The molecule has 0 amide bonds. The number of hydrogen-bond donors (Lipinski definition) is 0. The van der Waals surface area contributed by atoms with Gasteiger partial charge < -0.3 is 0 Å². The van der Waals surface area contributed by atoms with Crippen molar-refractivity contribution in [1.82, 2.24) is 0 Å². The first-order chi connectivity index (χ1) is 5.02. The first kappa shape index (κ1) is 9.94. The molecule has 0 aromatic carbocycles. The number of halogens is 3. The third-order valence-electron chi connectivity index (χ3n) is 0.846. The Morgan fingerprint density at radius 3 is 2.27 bits per heavy atom. The molecule has 0 N–H and O–H groups in total. The summed E-state index contributed by atoms with van der Waals surface area (Å²) in [7, 11) is 0. The van der Waals surface area contributed by atoms with Crippen LogP contribution in [-0.4, -0.2) is 11.9 Å². The van der Waals surface area contributed by atoms with E-state index < -0.39 is 11.9 Å². The van der Waals surface area contributed by atoms with Gasteiger partial charge in [0.15, 0.2) is 0 Å². The molecule has 0 aliphatic heterocycles. The van der Waals surface area contributed by atoms with Gasteiger partial charge in [-0.15, -0.1) is 0 Å². The van der Waals surface area contributed by atoms with Crippen LogP contribution in [0.5, 0.6) is 0 Å². The monoisotopic (exact) mass is 163 g/mol. The van der Waals surface area contributed by atoms with Crippen LogP contribution in [-0.2, 0) is 0 Å². The molecule has 0 aliphatic carbocycles. The molecule has 0 heterocycles. The number of alkyl halides is 3. The zero-order chi connectivity index (χ0) is 8.91. The number of allylic oxidation sites excluding steroid dienone is 2. The summed E-state index contributed by atoms with van der Waals surface area (Å²) in [6, 6.07) is 0. The van der Waals surface area contributed by atoms with Gasteiger partial charge in [0.05, 0.1) is 0 Å². The molecule has 0 radical (unpaired) electrons. The lowest BCUT2D eigenvalue weighted by Crippen LogP contribution is -2.19. The first-order valence-electron chi connectivity index (χ1n) is 2.91. The zero-order valence-corrected chi connectivity index (χ0v) is 6.02. The van der Waals surface area contributed by atoms with E-state index in [0.29, 0.717) is 6.08 Å². The maximum Gasteiger partial charge on any atom is 0.433 e. The molecule has 0 spiro atoms. The Kier molecular flexibility index (Phi) is 3.57. The van der Waals surface area contributed by atoms with E-state index in [9.17, 15) is 13.2 Å². The van der Waals surface area contributed by atoms with Gasteiger partial charge in [-0.25, -0.2) is 0 Å². The maximum atomic E-state index is 11.8. The van der Waals surface area contributed by atoms with E-state index in [2.05, 4.69) is 11.6 Å². The van der Waals surface area contributed by atoms with Crippen molar-refractivity contribution in [3.63, 3.8) is 0 Å². The highest BCUT2D eigenvalue weighted by Crippen LogP contribution is 2.17. The lowest BCUT2D eigenvalue weighted by molar-refractivity contribution is -0.0576. The van der Waals surface area contributed by atoms with Gasteiger partial charge >= 0.3 is 6.18 Å². The molecule has 0 fully saturated rings. The summed E-state index contributed by atoms with van der Waals surface area (Å²) in [6.07, 6.45) is -1.24. The molecule has 11 heavy (non-hydrogen) atoms. The summed E-state index contributed by atoms with van der Waals surface area (Å²) in [6.45, 7) is 4.58. The summed E-state index contributed by atoms with van der Waals surface area (Å²) in [5, 5.41) is 0. The van der Waals surface area contributed by atoms with Crippen molar-refractivity contribution >= 4 is 5.71 Å². The van der Waals surface area contributed by atoms with Gasteiger partial charge in [-0.1, -0.05) is 12.7 Å². The van der Waals surface area contributed by atoms with Crippen LogP contribution in [0.25, 0.3) is 0 Å². The Hall–Kier alpha value is -1.06. The Bertz CT molecular complexity index is 188. The molecule has 0 aromatic heterocycles. The largest absolute Gasteiger partial charge is 0.433 e. The normalized spacial score (nSPS) is 14.0. The van der Waals surface area contributed by atoms with Crippen molar-refractivity contribution in [3.05, 3.63) is 24.9 Å². The lowest BCUT2D eigenvalue weighted by Gasteiger charge is -2.03. The SMILES string of the molecule is C=CC(=N/C=C\C)C(F)(F)F. The van der Waals surface area contributed by atoms with Crippen LogP contribution >= 0.6 is 0 Å². The first-order valence-corrected chi connectivity index (χ1v) is 2.91. The molecule has 4 heteroatoms. The molecule has 0 bridgehead atoms. The third kappa shape index (κ3) is 3.60. The third-order valence-corrected chi connectivity index (χ3v) is 0.846. The highest BCUT2D eigenvalue weighted by atomic mass is 19.4. The highest BCUT2D eigenvalue weighted by molar-refractivity contribution is 5.99. The molecule has 0 aliphatic rings. The van der Waals surface area contributed by atoms with E-state index in [1.54, 1.807) is 6.92 Å². The average molecular weight is 163 g/mol. The Morgan fingerprint density at radius 1 is 1.45 bits per heavy atom. The number of hydrogen-bond acceptors (Lipinski definition) is 1. The van der Waals surface area contributed by atoms with Crippen molar-refractivity contribution in [2.24, 2.45) is 4.99 Å². The van der Waals surface area contributed by atoms with E-state index >= 15 is 0 Å². The van der Waals surface area contributed by atoms with Crippen molar-refractivity contribution in [3.8, 4) is 0 Å². The van der Waals surface area contributed by atoms with E-state index in [4.69, 9.17) is 0 Å². The fourth-order valence-corrected chi connectivity index (χ4v) is 0.396. The Labute approximate surface area is 62.9 Å². The molecule has 0 aromatic rings. The van der Waals surface area contributed by atoms with Gasteiger partial charge in [-0.3, -0.25) is 4.99 Å². The summed E-state index contributed by atoms with van der Waals surface area (Å²) in [4.78, 5) is 3.12. The Balaban J connectivity index is 4.53. The number of rotatable bonds is 2. The van der Waals surface area contributed by atoms with Crippen LogP contribution in [0.3, 0.4) is 0 Å². The fourth-order valence-electron chi connectivity index (χ4n) is 0.396. The summed E-state index contributed by atoms with van der Waals surface area (Å²) >= 11 is 0. The number of aliphatic imine (C=N–C) groups is 1. The number of nitrogens with zero attached hydrogens (tertiary/aromatic N) is 1. The standard InChI is InChI=1S/C7H8F3N/c1-3-5-11-6(4-2)7(8,9)10/h3-5H,2H2,1H3/b5-3-,11-6?. The van der Waals surface area contributed by atoms with Crippen LogP contribution in [0.1, 0.15) is 6.92 Å². The van der Waals surface area contributed by atoms with Gasteiger partial charge in [-0.2, -0.15) is 13.2 Å². The van der Waals surface area contributed by atoms with E-state index in [0.717, 1.165) is 6.20 Å². The van der Waals surface area contributed by atoms with Gasteiger partial charge in [0.2, 0.25) is 0 Å². The van der Waals surface area contributed by atoms with Crippen molar-refractivity contribution in [2.75, 3.05) is 0 Å². The van der Waals surface area contributed by atoms with E-state index in [1.807, 2.05) is 0 Å². The topological polar surface area (TPSA) is 12.4 Å². The van der Waals surface area contributed by atoms with Gasteiger partial charge in [-0.05, 0) is 13.0 Å². The fraction of sp³-hybridized carbons (Fsp3) is 0.286. The predicted molar refractivity (Wildman–Crippen MR) is 38.5 cm³/mol. The molecule has 0 saturated heterocycles. The summed E-state index contributed by atoms with van der Waals surface area (Å²) < 4.78 is 35.4. The van der Waals surface area contributed by atoms with E-state index in [-0.39, 0.29) is 0 Å². The average Bonchev–Trinajstić information content (AvgIpc) is 1.87. The van der Waals surface area contributed by atoms with Gasteiger partial charge in [0.1, 0.15) is 5.71 Å². The van der Waals surface area contributed by atoms with Crippen molar-refractivity contribution < 1.29 is 13.2 Å². The molecule has 0 unspecified atom stereocenters. The van der Waals surface area contributed by atoms with Crippen molar-refractivity contribution in [2.45, 2.75) is 13.1 Å². The predicted octanol–water partition coefficient (Wildman–Crippen LogP) is 2.71. The van der Waals surface area contributed by atoms with Crippen LogP contribution in [0, 0.1) is 0 Å². The lowest BCUT2D eigenvalue weighted by atomic mass is 10.3. The van der Waals surface area contributed by atoms with E-state index in [1.165, 1.54) is 6.08 Å². The molecule has 0 atom stereocenters. The minimum Gasteiger partial charge on any atom is -0.252 e. The minimum absolute atomic E-state index is 0.681. The summed E-state index contributed by atoms with van der Waals surface area (Å²) in [5.41, 5.74) is -0.976. The van der Waals surface area contributed by atoms with Gasteiger partial charge in [0, 0.05) is 6.20 Å². The van der Waals surface area contributed by atoms with Crippen LogP contribution in [0.2, 0.25) is 0 Å². The Morgan fingerprint density at radius 2 is 2.00 bits per heavy atom. The quantitative estimate of drug-likeness (QED) is 0.555.